The molecule has 0 aromatic carbocycles. The van der Waals surface area contributed by atoms with Gasteiger partial charge in [-0.05, 0) is 19.9 Å². The van der Waals surface area contributed by atoms with Crippen LogP contribution in [0.1, 0.15) is 18.8 Å². The molecule has 1 saturated heterocycles. The number of hydrogen-bond acceptors (Lipinski definition) is 5. The van der Waals surface area contributed by atoms with Crippen LogP contribution in [0.15, 0.2) is 30.9 Å². The van der Waals surface area contributed by atoms with Crippen molar-refractivity contribution in [1.29, 1.82) is 0 Å². The predicted molar refractivity (Wildman–Crippen MR) is 82.4 cm³/mol. The van der Waals surface area contributed by atoms with Crippen LogP contribution >= 0.6 is 0 Å². The SMILES string of the molecule is Cc1nccn1[C@H](C)CN1CCN(c2ncccn2)CC1. The Morgan fingerprint density at radius 2 is 1.76 bits per heavy atom. The minimum Gasteiger partial charge on any atom is -0.338 e. The highest BCUT2D eigenvalue weighted by atomic mass is 15.3. The molecule has 1 aliphatic rings. The summed E-state index contributed by atoms with van der Waals surface area (Å²) in [7, 11) is 0. The Labute approximate surface area is 125 Å². The maximum atomic E-state index is 4.32. The number of hydrogen-bond donors (Lipinski definition) is 0. The summed E-state index contributed by atoms with van der Waals surface area (Å²) >= 11 is 0. The summed E-state index contributed by atoms with van der Waals surface area (Å²) in [5, 5.41) is 0. The average molecular weight is 286 g/mol. The standard InChI is InChI=1S/C15H22N6/c1-13(21-7-6-16-14(21)2)12-19-8-10-20(11-9-19)15-17-4-3-5-18-15/h3-7,13H,8-12H2,1-2H3/t13-/m1/s1. The fourth-order valence-corrected chi connectivity index (χ4v) is 2.90. The number of imidazole rings is 1. The molecular weight excluding hydrogens is 264 g/mol. The maximum Gasteiger partial charge on any atom is 0.225 e. The van der Waals surface area contributed by atoms with Crippen molar-refractivity contribution in [3.63, 3.8) is 0 Å². The van der Waals surface area contributed by atoms with Gasteiger partial charge in [0.15, 0.2) is 0 Å². The van der Waals surface area contributed by atoms with Crippen LogP contribution in [0.3, 0.4) is 0 Å². The van der Waals surface area contributed by atoms with Crippen molar-refractivity contribution < 1.29 is 0 Å². The van der Waals surface area contributed by atoms with Gasteiger partial charge in [-0.25, -0.2) is 15.0 Å². The van der Waals surface area contributed by atoms with Crippen molar-refractivity contribution in [1.82, 2.24) is 24.4 Å². The third-order valence-electron chi connectivity index (χ3n) is 4.07. The summed E-state index contributed by atoms with van der Waals surface area (Å²) in [5.74, 6) is 1.93. The van der Waals surface area contributed by atoms with E-state index in [-0.39, 0.29) is 0 Å². The number of rotatable bonds is 4. The van der Waals surface area contributed by atoms with E-state index >= 15 is 0 Å². The second kappa shape index (κ2) is 6.22. The van der Waals surface area contributed by atoms with E-state index in [1.165, 1.54) is 0 Å². The zero-order valence-corrected chi connectivity index (χ0v) is 12.7. The van der Waals surface area contributed by atoms with E-state index < -0.39 is 0 Å². The smallest absolute Gasteiger partial charge is 0.225 e. The topological polar surface area (TPSA) is 50.1 Å². The van der Waals surface area contributed by atoms with Gasteiger partial charge >= 0.3 is 0 Å². The fraction of sp³-hybridized carbons (Fsp3) is 0.533. The summed E-state index contributed by atoms with van der Waals surface area (Å²) in [4.78, 5) is 17.7. The summed E-state index contributed by atoms with van der Waals surface area (Å²) in [6.45, 7) is 9.44. The predicted octanol–water partition coefficient (Wildman–Crippen LogP) is 1.36. The Morgan fingerprint density at radius 1 is 1.05 bits per heavy atom. The van der Waals surface area contributed by atoms with Gasteiger partial charge in [0.1, 0.15) is 5.82 Å². The maximum absolute atomic E-state index is 4.32. The molecule has 2 aromatic heterocycles. The molecule has 21 heavy (non-hydrogen) atoms. The molecule has 1 fully saturated rings. The highest BCUT2D eigenvalue weighted by Gasteiger charge is 2.20. The van der Waals surface area contributed by atoms with Crippen molar-refractivity contribution in [2.24, 2.45) is 0 Å². The Hall–Kier alpha value is -1.95. The molecule has 3 heterocycles. The first-order valence-corrected chi connectivity index (χ1v) is 7.48. The van der Waals surface area contributed by atoms with Crippen molar-refractivity contribution in [2.45, 2.75) is 19.9 Å². The fourth-order valence-electron chi connectivity index (χ4n) is 2.90. The van der Waals surface area contributed by atoms with Gasteiger partial charge in [0.2, 0.25) is 5.95 Å². The Bertz CT molecular complexity index is 559. The van der Waals surface area contributed by atoms with Crippen LogP contribution in [0, 0.1) is 6.92 Å². The van der Waals surface area contributed by atoms with E-state index in [0.29, 0.717) is 6.04 Å². The van der Waals surface area contributed by atoms with Crippen LogP contribution in [0.5, 0.6) is 0 Å². The van der Waals surface area contributed by atoms with Crippen molar-refractivity contribution in [2.75, 3.05) is 37.6 Å². The normalized spacial score (nSPS) is 17.9. The Morgan fingerprint density at radius 3 is 2.38 bits per heavy atom. The van der Waals surface area contributed by atoms with Crippen LogP contribution < -0.4 is 4.90 Å². The Kier molecular flexibility index (Phi) is 4.15. The highest BCUT2D eigenvalue weighted by molar-refractivity contribution is 5.29. The lowest BCUT2D eigenvalue weighted by molar-refractivity contribution is 0.224. The van der Waals surface area contributed by atoms with E-state index in [9.17, 15) is 0 Å². The zero-order valence-electron chi connectivity index (χ0n) is 12.7. The molecule has 1 aliphatic heterocycles. The molecule has 0 radical (unpaired) electrons. The average Bonchev–Trinajstić information content (AvgIpc) is 2.95. The van der Waals surface area contributed by atoms with E-state index in [1.807, 2.05) is 12.3 Å². The van der Waals surface area contributed by atoms with Crippen LogP contribution in [-0.2, 0) is 0 Å². The van der Waals surface area contributed by atoms with Gasteiger partial charge in [-0.1, -0.05) is 0 Å². The number of aryl methyl sites for hydroxylation is 1. The van der Waals surface area contributed by atoms with Gasteiger partial charge in [-0.3, -0.25) is 4.90 Å². The van der Waals surface area contributed by atoms with Crippen LogP contribution in [0.4, 0.5) is 5.95 Å². The zero-order chi connectivity index (χ0) is 14.7. The van der Waals surface area contributed by atoms with Crippen LogP contribution in [0.25, 0.3) is 0 Å². The van der Waals surface area contributed by atoms with Crippen LogP contribution in [0.2, 0.25) is 0 Å². The third kappa shape index (κ3) is 3.21. The molecule has 0 bridgehead atoms. The van der Waals surface area contributed by atoms with E-state index in [0.717, 1.165) is 44.5 Å². The molecule has 0 spiro atoms. The molecule has 2 aromatic rings. The number of piperazine rings is 1. The van der Waals surface area contributed by atoms with Gasteiger partial charge in [0.25, 0.3) is 0 Å². The lowest BCUT2D eigenvalue weighted by Gasteiger charge is -2.36. The summed E-state index contributed by atoms with van der Waals surface area (Å²) in [6, 6.07) is 2.31. The molecule has 112 valence electrons. The molecule has 3 rings (SSSR count). The highest BCUT2D eigenvalue weighted by Crippen LogP contribution is 2.14. The molecule has 6 heteroatoms. The molecule has 0 amide bonds. The molecule has 0 saturated carbocycles. The molecular formula is C15H22N6. The first kappa shape index (κ1) is 14.0. The van der Waals surface area contributed by atoms with E-state index in [2.05, 4.69) is 49.4 Å². The molecule has 0 N–H and O–H groups in total. The summed E-state index contributed by atoms with van der Waals surface area (Å²) in [5.41, 5.74) is 0. The monoisotopic (exact) mass is 286 g/mol. The van der Waals surface area contributed by atoms with E-state index in [4.69, 9.17) is 0 Å². The number of nitrogens with zero attached hydrogens (tertiary/aromatic N) is 6. The first-order chi connectivity index (χ1) is 10.2. The first-order valence-electron chi connectivity index (χ1n) is 7.48. The second-order valence-electron chi connectivity index (χ2n) is 5.57. The van der Waals surface area contributed by atoms with Gasteiger partial charge in [0, 0.05) is 63.6 Å². The lowest BCUT2D eigenvalue weighted by atomic mass is 10.2. The number of aromatic nitrogens is 4. The third-order valence-corrected chi connectivity index (χ3v) is 4.07. The lowest BCUT2D eigenvalue weighted by Crippen LogP contribution is -2.48. The van der Waals surface area contributed by atoms with Gasteiger partial charge in [0.05, 0.1) is 0 Å². The van der Waals surface area contributed by atoms with E-state index in [1.54, 1.807) is 12.4 Å². The molecule has 0 unspecified atom stereocenters. The van der Waals surface area contributed by atoms with Crippen molar-refractivity contribution in [3.05, 3.63) is 36.7 Å². The molecule has 6 nitrogen and oxygen atoms in total. The van der Waals surface area contributed by atoms with Gasteiger partial charge < -0.3 is 9.47 Å². The van der Waals surface area contributed by atoms with Gasteiger partial charge in [-0.15, -0.1) is 0 Å². The van der Waals surface area contributed by atoms with Gasteiger partial charge in [-0.2, -0.15) is 0 Å². The minimum atomic E-state index is 0.451. The van der Waals surface area contributed by atoms with Crippen molar-refractivity contribution in [3.8, 4) is 0 Å². The largest absolute Gasteiger partial charge is 0.338 e. The summed E-state index contributed by atoms with van der Waals surface area (Å²) < 4.78 is 2.24. The molecule has 0 aliphatic carbocycles. The second-order valence-corrected chi connectivity index (χ2v) is 5.57. The minimum absolute atomic E-state index is 0.451. The van der Waals surface area contributed by atoms with Crippen LogP contribution in [-0.4, -0.2) is 57.1 Å². The molecule has 1 atom stereocenters. The quantitative estimate of drug-likeness (QED) is 0.849. The van der Waals surface area contributed by atoms with Crippen molar-refractivity contribution >= 4 is 5.95 Å². The summed E-state index contributed by atoms with van der Waals surface area (Å²) in [6.07, 6.45) is 7.54. The Balaban J connectivity index is 1.53. The number of anilines is 1.